The predicted octanol–water partition coefficient (Wildman–Crippen LogP) is 1.07. The van der Waals surface area contributed by atoms with E-state index in [-0.39, 0.29) is 38.3 Å². The molecule has 2 aromatic carbocycles. The van der Waals surface area contributed by atoms with Crippen LogP contribution in [0.5, 0.6) is 0 Å². The van der Waals surface area contributed by atoms with E-state index in [1.54, 1.807) is 0 Å². The van der Waals surface area contributed by atoms with E-state index in [0.29, 0.717) is 11.0 Å². The smallest absolute Gasteiger partial charge is 0.322 e. The maximum atomic E-state index is 13.2. The Balaban J connectivity index is 1.45. The van der Waals surface area contributed by atoms with Gasteiger partial charge in [-0.05, 0) is 42.5 Å². The molecule has 1 atom stereocenters. The van der Waals surface area contributed by atoms with E-state index in [1.165, 1.54) is 12.1 Å². The zero-order chi connectivity index (χ0) is 24.0. The molecular weight excluding hydrogens is 466 g/mol. The minimum absolute atomic E-state index is 0.0115. The fourth-order valence-electron chi connectivity index (χ4n) is 4.16. The molecule has 0 bridgehead atoms. The maximum Gasteiger partial charge on any atom is 0.416 e. The Labute approximate surface area is 187 Å². The summed E-state index contributed by atoms with van der Waals surface area (Å²) in [5, 5.41) is 0. The first-order chi connectivity index (χ1) is 15.5. The third-order valence-electron chi connectivity index (χ3n) is 5.89. The number of sulfonamides is 1. The minimum atomic E-state index is -4.67. The van der Waals surface area contributed by atoms with Gasteiger partial charge in [-0.25, -0.2) is 17.7 Å². The lowest BCUT2D eigenvalue weighted by Gasteiger charge is -2.33. The number of nitrogens with zero attached hydrogens (tertiary/aromatic N) is 2. The number of amides is 2. The van der Waals surface area contributed by atoms with Gasteiger partial charge in [0, 0.05) is 0 Å². The molecule has 4 rings (SSSR count). The SMILES string of the molecule is O=C1C[C@H]([NH+]2CCN(S(=O)(=O)c3cccc(C(F)(F)F)c3)CC2)C(=O)N1c1ccc(F)cc1. The van der Waals surface area contributed by atoms with Gasteiger partial charge in [0.2, 0.25) is 15.9 Å². The van der Waals surface area contributed by atoms with E-state index < -0.39 is 50.3 Å². The zero-order valence-corrected chi connectivity index (χ0v) is 18.0. The highest BCUT2D eigenvalue weighted by Crippen LogP contribution is 2.31. The number of hydrogen-bond donors (Lipinski definition) is 1. The first-order valence-electron chi connectivity index (χ1n) is 10.1. The topological polar surface area (TPSA) is 79.2 Å². The number of rotatable bonds is 4. The lowest BCUT2D eigenvalue weighted by atomic mass is 10.2. The van der Waals surface area contributed by atoms with Crippen molar-refractivity contribution in [3.8, 4) is 0 Å². The van der Waals surface area contributed by atoms with Crippen LogP contribution in [0.3, 0.4) is 0 Å². The van der Waals surface area contributed by atoms with Gasteiger partial charge in [0.25, 0.3) is 5.91 Å². The molecule has 1 N–H and O–H groups in total. The first-order valence-corrected chi connectivity index (χ1v) is 11.6. The van der Waals surface area contributed by atoms with Crippen LogP contribution < -0.4 is 9.80 Å². The number of nitrogens with one attached hydrogen (secondary N) is 1. The second-order valence-electron chi connectivity index (χ2n) is 7.89. The maximum absolute atomic E-state index is 13.2. The summed E-state index contributed by atoms with van der Waals surface area (Å²) in [6, 6.07) is 7.82. The standard InChI is InChI=1S/C21H19F4N3O4S/c22-15-4-6-16(7-5-15)28-19(29)13-18(20(28)30)26-8-10-27(11-9-26)33(31,32)17-3-1-2-14(12-17)21(23,24)25/h1-7,12,18H,8-11,13H2/p+1/t18-/m0/s1. The van der Waals surface area contributed by atoms with E-state index in [0.717, 1.165) is 39.5 Å². The van der Waals surface area contributed by atoms with Gasteiger partial charge < -0.3 is 4.90 Å². The zero-order valence-electron chi connectivity index (χ0n) is 17.2. The van der Waals surface area contributed by atoms with Crippen molar-refractivity contribution in [2.24, 2.45) is 0 Å². The summed E-state index contributed by atoms with van der Waals surface area (Å²) in [6.45, 7) is 0.392. The van der Waals surface area contributed by atoms with Crippen molar-refractivity contribution in [1.82, 2.24) is 4.31 Å². The van der Waals surface area contributed by atoms with Crippen molar-refractivity contribution in [3.63, 3.8) is 0 Å². The Morgan fingerprint density at radius 3 is 2.21 bits per heavy atom. The molecule has 0 radical (unpaired) electrons. The van der Waals surface area contributed by atoms with Crippen LogP contribution in [0.25, 0.3) is 0 Å². The molecule has 2 heterocycles. The lowest BCUT2D eigenvalue weighted by Crippen LogP contribution is -3.19. The molecule has 0 saturated carbocycles. The van der Waals surface area contributed by atoms with Crippen molar-refractivity contribution < 1.29 is 40.5 Å². The molecule has 176 valence electrons. The second-order valence-corrected chi connectivity index (χ2v) is 9.83. The molecule has 0 aliphatic carbocycles. The average Bonchev–Trinajstić information content (AvgIpc) is 3.08. The molecule has 33 heavy (non-hydrogen) atoms. The average molecular weight is 486 g/mol. The number of halogens is 4. The molecule has 0 unspecified atom stereocenters. The highest BCUT2D eigenvalue weighted by molar-refractivity contribution is 7.89. The number of anilines is 1. The van der Waals surface area contributed by atoms with Gasteiger partial charge in [-0.2, -0.15) is 17.5 Å². The third kappa shape index (κ3) is 4.50. The number of benzene rings is 2. The Morgan fingerprint density at radius 1 is 0.970 bits per heavy atom. The van der Waals surface area contributed by atoms with Gasteiger partial charge in [0.15, 0.2) is 6.04 Å². The molecule has 0 spiro atoms. The van der Waals surface area contributed by atoms with E-state index in [2.05, 4.69) is 0 Å². The fraction of sp³-hybridized carbons (Fsp3) is 0.333. The summed E-state index contributed by atoms with van der Waals surface area (Å²) in [7, 11) is -4.15. The first kappa shape index (κ1) is 23.3. The van der Waals surface area contributed by atoms with Gasteiger partial charge >= 0.3 is 6.18 Å². The quantitative estimate of drug-likeness (QED) is 0.518. The molecule has 2 saturated heterocycles. The van der Waals surface area contributed by atoms with Gasteiger partial charge in [-0.1, -0.05) is 6.07 Å². The molecule has 2 aliphatic rings. The Kier molecular flexibility index (Phi) is 6.01. The summed E-state index contributed by atoms with van der Waals surface area (Å²) in [5.74, 6) is -1.38. The summed E-state index contributed by atoms with van der Waals surface area (Å²) >= 11 is 0. The van der Waals surface area contributed by atoms with Crippen LogP contribution in [0.15, 0.2) is 53.4 Å². The van der Waals surface area contributed by atoms with Gasteiger partial charge in [-0.15, -0.1) is 0 Å². The molecule has 0 aromatic heterocycles. The summed E-state index contributed by atoms with van der Waals surface area (Å²) in [5.41, 5.74) is -0.789. The number of alkyl halides is 3. The Bertz CT molecular complexity index is 1180. The van der Waals surface area contributed by atoms with E-state index in [1.807, 2.05) is 0 Å². The molecule has 2 aliphatic heterocycles. The summed E-state index contributed by atoms with van der Waals surface area (Å²) in [4.78, 5) is 26.6. The largest absolute Gasteiger partial charge is 0.416 e. The second kappa shape index (κ2) is 8.50. The van der Waals surface area contributed by atoms with Crippen LogP contribution in [0.2, 0.25) is 0 Å². The fourth-order valence-corrected chi connectivity index (χ4v) is 5.64. The van der Waals surface area contributed by atoms with Crippen molar-refractivity contribution in [2.75, 3.05) is 31.1 Å². The number of quaternary nitrogens is 1. The van der Waals surface area contributed by atoms with Crippen LogP contribution in [-0.2, 0) is 25.8 Å². The van der Waals surface area contributed by atoms with Crippen LogP contribution >= 0.6 is 0 Å². The van der Waals surface area contributed by atoms with Gasteiger partial charge in [-0.3, -0.25) is 9.59 Å². The van der Waals surface area contributed by atoms with Crippen LogP contribution in [-0.4, -0.2) is 56.8 Å². The molecule has 7 nitrogen and oxygen atoms in total. The van der Waals surface area contributed by atoms with Crippen molar-refractivity contribution in [3.05, 3.63) is 59.9 Å². The summed E-state index contributed by atoms with van der Waals surface area (Å²) in [6.07, 6.45) is -4.73. The number of carbonyl (C=O) groups excluding carboxylic acids is 2. The number of hydrogen-bond acceptors (Lipinski definition) is 4. The van der Waals surface area contributed by atoms with E-state index in [4.69, 9.17) is 0 Å². The lowest BCUT2D eigenvalue weighted by molar-refractivity contribution is -0.918. The molecule has 12 heteroatoms. The van der Waals surface area contributed by atoms with Gasteiger partial charge in [0.1, 0.15) is 5.82 Å². The van der Waals surface area contributed by atoms with Gasteiger partial charge in [0.05, 0.1) is 48.7 Å². The minimum Gasteiger partial charge on any atom is -0.322 e. The molecular formula is C21H20F4N3O4S+. The van der Waals surface area contributed by atoms with E-state index >= 15 is 0 Å². The molecule has 2 amide bonds. The van der Waals surface area contributed by atoms with Crippen LogP contribution in [0, 0.1) is 5.82 Å². The van der Waals surface area contributed by atoms with E-state index in [9.17, 15) is 35.6 Å². The van der Waals surface area contributed by atoms with Crippen molar-refractivity contribution in [1.29, 1.82) is 0 Å². The Hall–Kier alpha value is -2.83. The monoisotopic (exact) mass is 486 g/mol. The predicted molar refractivity (Wildman–Crippen MR) is 108 cm³/mol. The van der Waals surface area contributed by atoms with Crippen LogP contribution in [0.1, 0.15) is 12.0 Å². The number of piperazine rings is 1. The van der Waals surface area contributed by atoms with Crippen LogP contribution in [0.4, 0.5) is 23.2 Å². The number of imide groups is 1. The Morgan fingerprint density at radius 2 is 1.61 bits per heavy atom. The highest BCUT2D eigenvalue weighted by Gasteiger charge is 2.47. The third-order valence-corrected chi connectivity index (χ3v) is 7.78. The van der Waals surface area contributed by atoms with Crippen molar-refractivity contribution in [2.45, 2.75) is 23.5 Å². The highest BCUT2D eigenvalue weighted by atomic mass is 32.2. The van der Waals surface area contributed by atoms with Crippen molar-refractivity contribution >= 4 is 27.5 Å². The molecule has 2 aromatic rings. The normalized spacial score (nSPS) is 21.1. The summed E-state index contributed by atoms with van der Waals surface area (Å²) < 4.78 is 78.9. The number of carbonyl (C=O) groups is 2. The molecule has 2 fully saturated rings.